The minimum Gasteiger partial charge on any atom is -0.493 e. The average molecular weight is 568 g/mol. The number of aromatic carboxylic acids is 1. The Kier molecular flexibility index (Phi) is 9.40. The number of carboxylic acids is 1. The first-order valence-corrected chi connectivity index (χ1v) is 11.6. The van der Waals surface area contributed by atoms with E-state index in [0.29, 0.717) is 17.7 Å². The lowest BCUT2D eigenvalue weighted by Gasteiger charge is -2.12. The molecule has 0 atom stereocenters. The lowest BCUT2D eigenvalue weighted by molar-refractivity contribution is -0.138. The van der Waals surface area contributed by atoms with Crippen LogP contribution in [0.1, 0.15) is 50.8 Å². The SMILES string of the molecule is C/C(=N\OCCCOc1ccc(C(=O)O)c(NC(=O)c2ccc(C(F)(F)F)cc2)c1)c1ccc(C(F)(F)F)cc1. The van der Waals surface area contributed by atoms with Gasteiger partial charge in [-0.25, -0.2) is 4.79 Å². The minimum absolute atomic E-state index is 0.0999. The molecule has 1 amide bonds. The number of carbonyl (C=O) groups excluding carboxylic acids is 1. The van der Waals surface area contributed by atoms with Gasteiger partial charge in [0.25, 0.3) is 5.91 Å². The number of amides is 1. The number of carbonyl (C=O) groups is 2. The highest BCUT2D eigenvalue weighted by molar-refractivity contribution is 6.08. The number of hydrogen-bond donors (Lipinski definition) is 2. The van der Waals surface area contributed by atoms with Crippen molar-refractivity contribution < 1.29 is 50.6 Å². The maximum absolute atomic E-state index is 12.7. The topological polar surface area (TPSA) is 97.2 Å². The van der Waals surface area contributed by atoms with E-state index >= 15 is 0 Å². The van der Waals surface area contributed by atoms with Gasteiger partial charge in [0.2, 0.25) is 0 Å². The summed E-state index contributed by atoms with van der Waals surface area (Å²) in [5.41, 5.74) is -1.39. The first-order valence-electron chi connectivity index (χ1n) is 11.6. The van der Waals surface area contributed by atoms with Crippen LogP contribution >= 0.6 is 0 Å². The molecule has 0 fully saturated rings. The second-order valence-corrected chi connectivity index (χ2v) is 8.33. The molecule has 3 aromatic carbocycles. The van der Waals surface area contributed by atoms with Crippen molar-refractivity contribution in [3.63, 3.8) is 0 Å². The van der Waals surface area contributed by atoms with E-state index in [1.165, 1.54) is 30.3 Å². The molecule has 0 saturated carbocycles. The van der Waals surface area contributed by atoms with Gasteiger partial charge in [0.15, 0.2) is 0 Å². The number of nitrogens with one attached hydrogen (secondary N) is 1. The molecule has 0 aliphatic rings. The number of hydrogen-bond acceptors (Lipinski definition) is 5. The fourth-order valence-corrected chi connectivity index (χ4v) is 3.32. The number of anilines is 1. The lowest BCUT2D eigenvalue weighted by Crippen LogP contribution is -2.15. The molecule has 0 radical (unpaired) electrons. The quantitative estimate of drug-likeness (QED) is 0.120. The Morgan fingerprint density at radius 2 is 1.38 bits per heavy atom. The number of oxime groups is 1. The van der Waals surface area contributed by atoms with E-state index in [1.807, 2.05) is 0 Å². The monoisotopic (exact) mass is 568 g/mol. The molecule has 40 heavy (non-hydrogen) atoms. The van der Waals surface area contributed by atoms with Crippen molar-refractivity contribution >= 4 is 23.3 Å². The molecule has 13 heteroatoms. The average Bonchev–Trinajstić information content (AvgIpc) is 2.89. The van der Waals surface area contributed by atoms with Crippen LogP contribution in [0.3, 0.4) is 0 Å². The van der Waals surface area contributed by atoms with Crippen LogP contribution in [-0.2, 0) is 17.2 Å². The zero-order valence-corrected chi connectivity index (χ0v) is 20.8. The summed E-state index contributed by atoms with van der Waals surface area (Å²) in [4.78, 5) is 29.2. The molecule has 0 unspecified atom stereocenters. The van der Waals surface area contributed by atoms with Gasteiger partial charge in [0.05, 0.1) is 34.7 Å². The third kappa shape index (κ3) is 8.22. The maximum atomic E-state index is 12.7. The van der Waals surface area contributed by atoms with E-state index in [-0.39, 0.29) is 35.8 Å². The van der Waals surface area contributed by atoms with Crippen LogP contribution in [-0.4, -0.2) is 35.9 Å². The Morgan fingerprint density at radius 3 is 1.90 bits per heavy atom. The minimum atomic E-state index is -4.57. The Morgan fingerprint density at radius 1 is 0.825 bits per heavy atom. The molecule has 7 nitrogen and oxygen atoms in total. The maximum Gasteiger partial charge on any atom is 0.416 e. The van der Waals surface area contributed by atoms with E-state index in [9.17, 15) is 41.0 Å². The fourth-order valence-electron chi connectivity index (χ4n) is 3.32. The van der Waals surface area contributed by atoms with Crippen molar-refractivity contribution in [2.45, 2.75) is 25.7 Å². The summed E-state index contributed by atoms with van der Waals surface area (Å²) in [6.45, 7) is 1.78. The third-order valence-electron chi connectivity index (χ3n) is 5.42. The van der Waals surface area contributed by atoms with Crippen LogP contribution in [0.4, 0.5) is 32.0 Å². The molecule has 0 bridgehead atoms. The van der Waals surface area contributed by atoms with Gasteiger partial charge in [-0.3, -0.25) is 4.79 Å². The van der Waals surface area contributed by atoms with E-state index in [4.69, 9.17) is 9.57 Å². The molecule has 0 saturated heterocycles. The molecular weight excluding hydrogens is 546 g/mol. The van der Waals surface area contributed by atoms with Gasteiger partial charge in [-0.05, 0) is 61.0 Å². The Bertz CT molecular complexity index is 1370. The van der Waals surface area contributed by atoms with Crippen molar-refractivity contribution in [3.8, 4) is 5.75 Å². The fraction of sp³-hybridized carbons (Fsp3) is 0.222. The molecule has 0 heterocycles. The largest absolute Gasteiger partial charge is 0.493 e. The molecule has 0 aliphatic carbocycles. The molecule has 0 aromatic heterocycles. The number of ether oxygens (including phenoxy) is 1. The van der Waals surface area contributed by atoms with Gasteiger partial charge >= 0.3 is 18.3 Å². The summed E-state index contributed by atoms with van der Waals surface area (Å²) in [5.74, 6) is -1.95. The van der Waals surface area contributed by atoms with E-state index in [1.54, 1.807) is 6.92 Å². The molecule has 212 valence electrons. The van der Waals surface area contributed by atoms with Crippen LogP contribution < -0.4 is 10.1 Å². The first kappa shape index (κ1) is 30.0. The second kappa shape index (κ2) is 12.5. The standard InChI is InChI=1S/C27H22F6N2O5/c1-16(17-3-7-19(8-4-17)26(28,29)30)35-40-14-2-13-39-21-11-12-22(25(37)38)23(15-21)34-24(36)18-5-9-20(10-6-18)27(31,32)33/h3-12,15H,2,13-14H2,1H3,(H,34,36)(H,37,38)/b35-16+. The van der Waals surface area contributed by atoms with Crippen molar-refractivity contribution in [3.05, 3.63) is 94.5 Å². The smallest absolute Gasteiger partial charge is 0.416 e. The molecule has 0 aliphatic heterocycles. The van der Waals surface area contributed by atoms with Crippen molar-refractivity contribution in [1.29, 1.82) is 0 Å². The Hall–Kier alpha value is -4.55. The van der Waals surface area contributed by atoms with E-state index < -0.39 is 35.4 Å². The number of nitrogens with zero attached hydrogens (tertiary/aromatic N) is 1. The van der Waals surface area contributed by atoms with Crippen molar-refractivity contribution in [2.24, 2.45) is 5.16 Å². The Labute approximate surface area is 224 Å². The normalized spacial score (nSPS) is 12.1. The van der Waals surface area contributed by atoms with Gasteiger partial charge < -0.3 is 20.0 Å². The van der Waals surface area contributed by atoms with Gasteiger partial charge in [-0.2, -0.15) is 26.3 Å². The van der Waals surface area contributed by atoms with Crippen LogP contribution in [0.5, 0.6) is 5.75 Å². The summed E-state index contributed by atoms with van der Waals surface area (Å²) in [5, 5.41) is 15.7. The van der Waals surface area contributed by atoms with Crippen LogP contribution in [0.15, 0.2) is 71.9 Å². The molecule has 2 N–H and O–H groups in total. The summed E-state index contributed by atoms with van der Waals surface area (Å²) in [7, 11) is 0. The van der Waals surface area contributed by atoms with Gasteiger partial charge in [-0.15, -0.1) is 0 Å². The highest BCUT2D eigenvalue weighted by Gasteiger charge is 2.31. The summed E-state index contributed by atoms with van der Waals surface area (Å²) < 4.78 is 81.8. The van der Waals surface area contributed by atoms with Crippen molar-refractivity contribution in [2.75, 3.05) is 18.5 Å². The number of benzene rings is 3. The van der Waals surface area contributed by atoms with Crippen LogP contribution in [0.25, 0.3) is 0 Å². The molecule has 3 rings (SSSR count). The Balaban J connectivity index is 1.54. The summed E-state index contributed by atoms with van der Waals surface area (Å²) in [6.07, 6.45) is -8.68. The van der Waals surface area contributed by atoms with E-state index in [0.717, 1.165) is 36.4 Å². The predicted octanol–water partition coefficient (Wildman–Crippen LogP) is 6.88. The second-order valence-electron chi connectivity index (χ2n) is 8.33. The van der Waals surface area contributed by atoms with Crippen LogP contribution in [0.2, 0.25) is 0 Å². The van der Waals surface area contributed by atoms with E-state index in [2.05, 4.69) is 10.5 Å². The van der Waals surface area contributed by atoms with Gasteiger partial charge in [0.1, 0.15) is 12.4 Å². The molecule has 3 aromatic rings. The zero-order chi connectivity index (χ0) is 29.5. The number of alkyl halides is 6. The summed E-state index contributed by atoms with van der Waals surface area (Å²) in [6, 6.07) is 11.7. The van der Waals surface area contributed by atoms with Gasteiger partial charge in [-0.1, -0.05) is 17.3 Å². The number of carboxylic acid groups (broad SMARTS) is 1. The van der Waals surface area contributed by atoms with Gasteiger partial charge in [0, 0.05) is 18.1 Å². The highest BCUT2D eigenvalue weighted by atomic mass is 19.4. The molecular formula is C27H22F6N2O5. The lowest BCUT2D eigenvalue weighted by atomic mass is 10.1. The highest BCUT2D eigenvalue weighted by Crippen LogP contribution is 2.30. The molecule has 0 spiro atoms. The summed E-state index contributed by atoms with van der Waals surface area (Å²) >= 11 is 0. The number of rotatable bonds is 10. The third-order valence-corrected chi connectivity index (χ3v) is 5.42. The van der Waals surface area contributed by atoms with Crippen molar-refractivity contribution in [1.82, 2.24) is 0 Å². The number of halogens is 6. The van der Waals surface area contributed by atoms with Crippen LogP contribution in [0, 0.1) is 0 Å². The predicted molar refractivity (Wildman–Crippen MR) is 133 cm³/mol. The zero-order valence-electron chi connectivity index (χ0n) is 20.8. The first-order chi connectivity index (χ1) is 18.8.